The first kappa shape index (κ1) is 31.3. The SMILES string of the molecule is CCC(C)C(N)C(=O)NC(Cc1c[nH]c2ccccc12)C(=O)NC(C(=O)NC(CC(N)=O)C(=O)O)C(C)CC. The topological polar surface area (TPSA) is 209 Å². The predicted molar refractivity (Wildman–Crippen MR) is 146 cm³/mol. The van der Waals surface area contributed by atoms with Crippen LogP contribution in [0.1, 0.15) is 52.5 Å². The number of carboxylic acid groups (broad SMARTS) is 1. The maximum atomic E-state index is 13.6. The van der Waals surface area contributed by atoms with Crippen molar-refractivity contribution in [2.24, 2.45) is 23.3 Å². The standard InChI is InChI=1S/C27H40N6O6/c1-5-14(3)22(29)25(36)31-19(11-16-13-30-18-10-8-7-9-17(16)18)24(35)33-23(15(4)6-2)26(37)32-20(27(38)39)12-21(28)34/h7-10,13-15,19-20,22-23,30H,5-6,11-12,29H2,1-4H3,(H2,28,34)(H,31,36)(H,32,37)(H,33,35)(H,38,39). The van der Waals surface area contributed by atoms with Crippen LogP contribution in [0, 0.1) is 11.8 Å². The number of carboxylic acids is 1. The van der Waals surface area contributed by atoms with Gasteiger partial charge < -0.3 is 37.5 Å². The lowest BCUT2D eigenvalue weighted by atomic mass is 9.96. The molecule has 0 spiro atoms. The van der Waals surface area contributed by atoms with Crippen LogP contribution in [-0.4, -0.2) is 63.9 Å². The number of primary amides is 1. The van der Waals surface area contributed by atoms with Gasteiger partial charge in [-0.1, -0.05) is 58.7 Å². The van der Waals surface area contributed by atoms with Gasteiger partial charge in [0, 0.05) is 23.5 Å². The van der Waals surface area contributed by atoms with E-state index in [9.17, 15) is 29.1 Å². The zero-order valence-electron chi connectivity index (χ0n) is 22.8. The Labute approximate surface area is 227 Å². The van der Waals surface area contributed by atoms with E-state index >= 15 is 0 Å². The normalized spacial score (nSPS) is 15.8. The Morgan fingerprint density at radius 1 is 0.897 bits per heavy atom. The molecule has 0 saturated carbocycles. The van der Waals surface area contributed by atoms with Gasteiger partial charge in [0.05, 0.1) is 12.5 Å². The summed E-state index contributed by atoms with van der Waals surface area (Å²) in [7, 11) is 0. The zero-order chi connectivity index (χ0) is 29.3. The van der Waals surface area contributed by atoms with Crippen molar-refractivity contribution in [1.29, 1.82) is 0 Å². The van der Waals surface area contributed by atoms with Crippen LogP contribution in [-0.2, 0) is 30.4 Å². The molecule has 12 heteroatoms. The molecule has 2 rings (SSSR count). The van der Waals surface area contributed by atoms with Crippen LogP contribution in [0.4, 0.5) is 0 Å². The monoisotopic (exact) mass is 544 g/mol. The molecule has 214 valence electrons. The summed E-state index contributed by atoms with van der Waals surface area (Å²) in [6.45, 7) is 7.28. The lowest BCUT2D eigenvalue weighted by Gasteiger charge is -2.28. The molecule has 0 aliphatic carbocycles. The molecule has 0 bridgehead atoms. The second-order valence-corrected chi connectivity index (χ2v) is 9.98. The van der Waals surface area contributed by atoms with Gasteiger partial charge in [0.1, 0.15) is 18.1 Å². The fourth-order valence-corrected chi connectivity index (χ4v) is 4.13. The smallest absolute Gasteiger partial charge is 0.326 e. The fourth-order valence-electron chi connectivity index (χ4n) is 4.13. The van der Waals surface area contributed by atoms with Crippen LogP contribution in [0.3, 0.4) is 0 Å². The second kappa shape index (κ2) is 14.3. The average molecular weight is 545 g/mol. The van der Waals surface area contributed by atoms with Crippen LogP contribution >= 0.6 is 0 Å². The average Bonchev–Trinajstić information content (AvgIpc) is 3.31. The van der Waals surface area contributed by atoms with Gasteiger partial charge in [-0.2, -0.15) is 0 Å². The minimum absolute atomic E-state index is 0.114. The number of hydrogen-bond acceptors (Lipinski definition) is 6. The molecule has 2 aromatic rings. The third-order valence-electron chi connectivity index (χ3n) is 7.10. The number of aromatic amines is 1. The number of hydrogen-bond donors (Lipinski definition) is 7. The van der Waals surface area contributed by atoms with E-state index in [0.717, 1.165) is 16.5 Å². The molecule has 39 heavy (non-hydrogen) atoms. The largest absolute Gasteiger partial charge is 0.480 e. The van der Waals surface area contributed by atoms with E-state index in [-0.39, 0.29) is 12.3 Å². The van der Waals surface area contributed by atoms with Crippen molar-refractivity contribution in [3.63, 3.8) is 0 Å². The Kier molecular flexibility index (Phi) is 11.5. The molecule has 6 unspecified atom stereocenters. The van der Waals surface area contributed by atoms with Gasteiger partial charge in [0.15, 0.2) is 0 Å². The van der Waals surface area contributed by atoms with Gasteiger partial charge in [-0.15, -0.1) is 0 Å². The van der Waals surface area contributed by atoms with E-state index < -0.39 is 66.1 Å². The van der Waals surface area contributed by atoms with E-state index in [1.54, 1.807) is 13.1 Å². The highest BCUT2D eigenvalue weighted by Crippen LogP contribution is 2.20. The predicted octanol–water partition coefficient (Wildman–Crippen LogP) is 0.544. The van der Waals surface area contributed by atoms with Crippen LogP contribution in [0.25, 0.3) is 10.9 Å². The highest BCUT2D eigenvalue weighted by atomic mass is 16.4. The summed E-state index contributed by atoms with van der Waals surface area (Å²) in [5, 5.41) is 18.0. The van der Waals surface area contributed by atoms with Crippen molar-refractivity contribution in [1.82, 2.24) is 20.9 Å². The number of aromatic nitrogens is 1. The molecule has 4 amide bonds. The summed E-state index contributed by atoms with van der Waals surface area (Å²) in [4.78, 5) is 65.6. The summed E-state index contributed by atoms with van der Waals surface area (Å²) in [5.41, 5.74) is 12.9. The highest BCUT2D eigenvalue weighted by Gasteiger charge is 2.34. The number of nitrogens with two attached hydrogens (primary N) is 2. The number of benzene rings is 1. The number of para-hydroxylation sites is 1. The molecule has 0 saturated heterocycles. The summed E-state index contributed by atoms with van der Waals surface area (Å²) in [6.07, 6.45) is 2.41. The third-order valence-corrected chi connectivity index (χ3v) is 7.10. The lowest BCUT2D eigenvalue weighted by molar-refractivity contribution is -0.144. The van der Waals surface area contributed by atoms with E-state index in [0.29, 0.717) is 12.8 Å². The maximum absolute atomic E-state index is 13.6. The number of amides is 4. The van der Waals surface area contributed by atoms with Crippen molar-refractivity contribution in [3.8, 4) is 0 Å². The number of H-pyrrole nitrogens is 1. The number of nitrogens with one attached hydrogen (secondary N) is 4. The van der Waals surface area contributed by atoms with Gasteiger partial charge >= 0.3 is 5.97 Å². The molecule has 9 N–H and O–H groups in total. The molecule has 0 aliphatic rings. The molecular weight excluding hydrogens is 504 g/mol. The molecule has 12 nitrogen and oxygen atoms in total. The Morgan fingerprint density at radius 2 is 1.51 bits per heavy atom. The number of carbonyl (C=O) groups is 5. The van der Waals surface area contributed by atoms with Crippen molar-refractivity contribution >= 4 is 40.5 Å². The first-order chi connectivity index (χ1) is 18.4. The van der Waals surface area contributed by atoms with Crippen molar-refractivity contribution in [3.05, 3.63) is 36.0 Å². The zero-order valence-corrected chi connectivity index (χ0v) is 22.8. The molecule has 1 aromatic heterocycles. The van der Waals surface area contributed by atoms with Crippen molar-refractivity contribution in [2.45, 2.75) is 77.5 Å². The molecule has 0 aliphatic heterocycles. The molecule has 0 fully saturated rings. The fraction of sp³-hybridized carbons (Fsp3) is 0.519. The van der Waals surface area contributed by atoms with Crippen LogP contribution in [0.5, 0.6) is 0 Å². The first-order valence-corrected chi connectivity index (χ1v) is 13.1. The van der Waals surface area contributed by atoms with E-state index in [2.05, 4.69) is 20.9 Å². The minimum Gasteiger partial charge on any atom is -0.480 e. The van der Waals surface area contributed by atoms with E-state index in [4.69, 9.17) is 11.5 Å². The third kappa shape index (κ3) is 8.54. The first-order valence-electron chi connectivity index (χ1n) is 13.1. The quantitative estimate of drug-likeness (QED) is 0.169. The molecule has 6 atom stereocenters. The summed E-state index contributed by atoms with van der Waals surface area (Å²) in [5.74, 6) is -4.76. The second-order valence-electron chi connectivity index (χ2n) is 9.98. The summed E-state index contributed by atoms with van der Waals surface area (Å²) in [6, 6.07) is 2.91. The van der Waals surface area contributed by atoms with Gasteiger partial charge in [0.25, 0.3) is 0 Å². The Hall–Kier alpha value is -3.93. The summed E-state index contributed by atoms with van der Waals surface area (Å²) < 4.78 is 0. The molecule has 1 aromatic carbocycles. The van der Waals surface area contributed by atoms with Crippen LogP contribution in [0.15, 0.2) is 30.5 Å². The van der Waals surface area contributed by atoms with Crippen molar-refractivity contribution < 1.29 is 29.1 Å². The van der Waals surface area contributed by atoms with E-state index in [1.165, 1.54) is 0 Å². The maximum Gasteiger partial charge on any atom is 0.326 e. The molecule has 0 radical (unpaired) electrons. The number of fused-ring (bicyclic) bond motifs is 1. The van der Waals surface area contributed by atoms with Gasteiger partial charge in [-0.05, 0) is 23.5 Å². The van der Waals surface area contributed by atoms with Crippen LogP contribution in [0.2, 0.25) is 0 Å². The van der Waals surface area contributed by atoms with Gasteiger partial charge in [-0.3, -0.25) is 19.2 Å². The summed E-state index contributed by atoms with van der Waals surface area (Å²) >= 11 is 0. The molecule has 1 heterocycles. The van der Waals surface area contributed by atoms with Gasteiger partial charge in [-0.25, -0.2) is 4.79 Å². The number of carbonyl (C=O) groups excluding carboxylic acids is 4. The van der Waals surface area contributed by atoms with E-state index in [1.807, 2.05) is 45.0 Å². The Balaban J connectivity index is 2.34. The Morgan fingerprint density at radius 3 is 2.10 bits per heavy atom. The van der Waals surface area contributed by atoms with Crippen LogP contribution < -0.4 is 27.4 Å². The Bertz CT molecular complexity index is 1180. The highest BCUT2D eigenvalue weighted by molar-refractivity contribution is 5.95. The number of aliphatic carboxylic acids is 1. The van der Waals surface area contributed by atoms with Gasteiger partial charge in [0.2, 0.25) is 23.6 Å². The minimum atomic E-state index is -1.55. The van der Waals surface area contributed by atoms with Crippen molar-refractivity contribution in [2.75, 3.05) is 0 Å². The molecular formula is C27H40N6O6. The number of rotatable bonds is 15. The lowest BCUT2D eigenvalue weighted by Crippen LogP contribution is -2.59.